The maximum atomic E-state index is 13.6. The second kappa shape index (κ2) is 12.4. The molecule has 0 aliphatic carbocycles. The molecule has 2 aromatic rings. The van der Waals surface area contributed by atoms with E-state index in [-0.39, 0.29) is 23.9 Å². The van der Waals surface area contributed by atoms with Crippen molar-refractivity contribution in [3.8, 4) is 5.75 Å². The van der Waals surface area contributed by atoms with Crippen molar-refractivity contribution in [3.05, 3.63) is 63.9 Å². The van der Waals surface area contributed by atoms with Gasteiger partial charge in [0.2, 0.25) is 0 Å². The first kappa shape index (κ1) is 26.2. The summed E-state index contributed by atoms with van der Waals surface area (Å²) in [4.78, 5) is 17.2. The fourth-order valence-electron chi connectivity index (χ4n) is 5.15. The van der Waals surface area contributed by atoms with Crippen molar-refractivity contribution in [2.75, 3.05) is 39.8 Å². The van der Waals surface area contributed by atoms with E-state index in [9.17, 15) is 9.18 Å². The van der Waals surface area contributed by atoms with Gasteiger partial charge in [0.25, 0.3) is 0 Å². The van der Waals surface area contributed by atoms with Crippen LogP contribution in [0.4, 0.5) is 4.39 Å². The van der Waals surface area contributed by atoms with Crippen LogP contribution in [0.15, 0.2) is 42.5 Å². The fourth-order valence-corrected chi connectivity index (χ4v) is 5.44. The fraction of sp³-hybridized carbons (Fsp3) is 0.519. The average Bonchev–Trinajstić information content (AvgIpc) is 2.86. The summed E-state index contributed by atoms with van der Waals surface area (Å²) in [5.74, 6) is 0.836. The third-order valence-corrected chi connectivity index (χ3v) is 7.87. The predicted molar refractivity (Wildman–Crippen MR) is 137 cm³/mol. The van der Waals surface area contributed by atoms with Crippen LogP contribution in [0, 0.1) is 11.7 Å². The molecule has 1 atom stereocenters. The number of rotatable bonds is 8. The van der Waals surface area contributed by atoms with Crippen molar-refractivity contribution in [2.24, 2.45) is 5.92 Å². The van der Waals surface area contributed by atoms with Gasteiger partial charge in [0.1, 0.15) is 23.7 Å². The number of esters is 1. The first-order valence-electron chi connectivity index (χ1n) is 12.3. The van der Waals surface area contributed by atoms with Crippen LogP contribution in [0.2, 0.25) is 10.0 Å². The number of piperidine rings is 2. The number of carbonyl (C=O) groups excluding carboxylic acids is 1. The topological polar surface area (TPSA) is 42.0 Å². The van der Waals surface area contributed by atoms with Crippen molar-refractivity contribution in [2.45, 2.75) is 44.2 Å². The highest BCUT2D eigenvalue weighted by atomic mass is 35.5. The first-order chi connectivity index (χ1) is 16.9. The summed E-state index contributed by atoms with van der Waals surface area (Å²) < 4.78 is 24.8. The van der Waals surface area contributed by atoms with E-state index in [1.165, 1.54) is 19.2 Å². The summed E-state index contributed by atoms with van der Waals surface area (Å²) in [7, 11) is 1.42. The lowest BCUT2D eigenvalue weighted by Crippen LogP contribution is -2.49. The number of hydrogen-bond donors (Lipinski definition) is 0. The molecule has 0 amide bonds. The van der Waals surface area contributed by atoms with E-state index < -0.39 is 0 Å². The predicted octanol–water partition coefficient (Wildman–Crippen LogP) is 5.47. The van der Waals surface area contributed by atoms with Crippen molar-refractivity contribution in [1.82, 2.24) is 9.80 Å². The minimum atomic E-state index is -0.378. The highest BCUT2D eigenvalue weighted by molar-refractivity contribution is 6.42. The normalized spacial score (nSPS) is 19.4. The Labute approximate surface area is 217 Å². The number of nitrogens with zero attached hydrogens (tertiary/aromatic N) is 2. The van der Waals surface area contributed by atoms with Gasteiger partial charge in [-0.25, -0.2) is 4.39 Å². The molecule has 0 bridgehead atoms. The Morgan fingerprint density at radius 1 is 1.03 bits per heavy atom. The molecular weight excluding hydrogens is 490 g/mol. The molecule has 190 valence electrons. The number of ether oxygens (including phenoxy) is 2. The smallest absolute Gasteiger partial charge is 0.323 e. The molecule has 2 aliphatic heterocycles. The minimum absolute atomic E-state index is 0.189. The molecule has 2 aliphatic rings. The van der Waals surface area contributed by atoms with E-state index in [4.69, 9.17) is 32.7 Å². The lowest BCUT2D eigenvalue weighted by Gasteiger charge is -2.39. The zero-order chi connectivity index (χ0) is 24.8. The SMILES string of the molecule is COC(=O)C(Cc1cccc(F)c1)N1CCC(CN2CCC(Oc3ccc(Cl)c(Cl)c3)CC2)CC1. The van der Waals surface area contributed by atoms with Crippen molar-refractivity contribution in [3.63, 3.8) is 0 Å². The van der Waals surface area contributed by atoms with E-state index in [2.05, 4.69) is 9.80 Å². The van der Waals surface area contributed by atoms with Crippen molar-refractivity contribution < 1.29 is 18.7 Å². The van der Waals surface area contributed by atoms with Gasteiger partial charge in [0, 0.05) is 25.7 Å². The van der Waals surface area contributed by atoms with E-state index in [1.54, 1.807) is 18.2 Å². The van der Waals surface area contributed by atoms with Crippen molar-refractivity contribution in [1.29, 1.82) is 0 Å². The second-order valence-electron chi connectivity index (χ2n) is 9.55. The van der Waals surface area contributed by atoms with Gasteiger partial charge in [-0.05, 0) is 80.9 Å². The molecule has 1 unspecified atom stereocenters. The van der Waals surface area contributed by atoms with Gasteiger partial charge in [0.15, 0.2) is 0 Å². The summed E-state index contributed by atoms with van der Waals surface area (Å²) in [5.41, 5.74) is 0.813. The molecule has 0 saturated carbocycles. The molecule has 2 fully saturated rings. The number of hydrogen-bond acceptors (Lipinski definition) is 5. The Morgan fingerprint density at radius 2 is 1.77 bits per heavy atom. The maximum Gasteiger partial charge on any atom is 0.323 e. The highest BCUT2D eigenvalue weighted by Crippen LogP contribution is 2.29. The zero-order valence-corrected chi connectivity index (χ0v) is 21.6. The largest absolute Gasteiger partial charge is 0.490 e. The molecule has 2 saturated heterocycles. The lowest BCUT2D eigenvalue weighted by atomic mass is 9.93. The van der Waals surface area contributed by atoms with Gasteiger partial charge in [0.05, 0.1) is 17.2 Å². The van der Waals surface area contributed by atoms with Crippen LogP contribution < -0.4 is 4.74 Å². The zero-order valence-electron chi connectivity index (χ0n) is 20.1. The summed E-state index contributed by atoms with van der Waals surface area (Å²) in [6, 6.07) is 11.5. The summed E-state index contributed by atoms with van der Waals surface area (Å²) in [5, 5.41) is 1.05. The van der Waals surface area contributed by atoms with Crippen molar-refractivity contribution >= 4 is 29.2 Å². The molecular formula is C27H33Cl2FN2O3. The lowest BCUT2D eigenvalue weighted by molar-refractivity contribution is -0.147. The highest BCUT2D eigenvalue weighted by Gasteiger charge is 2.32. The molecule has 4 rings (SSSR count). The van der Waals surface area contributed by atoms with Gasteiger partial charge in [-0.1, -0.05) is 35.3 Å². The molecule has 0 spiro atoms. The molecule has 2 aromatic carbocycles. The molecule has 8 heteroatoms. The van der Waals surface area contributed by atoms with Crippen LogP contribution >= 0.6 is 23.2 Å². The molecule has 0 aromatic heterocycles. The minimum Gasteiger partial charge on any atom is -0.490 e. The number of likely N-dealkylation sites (tertiary alicyclic amines) is 2. The Kier molecular flexibility index (Phi) is 9.28. The molecule has 35 heavy (non-hydrogen) atoms. The average molecular weight is 523 g/mol. The van der Waals surface area contributed by atoms with E-state index in [1.807, 2.05) is 12.1 Å². The Hall–Kier alpha value is -1.86. The second-order valence-corrected chi connectivity index (χ2v) is 10.4. The summed E-state index contributed by atoms with van der Waals surface area (Å²) in [6.07, 6.45) is 4.69. The molecule has 0 N–H and O–H groups in total. The van der Waals surface area contributed by atoms with E-state index in [0.29, 0.717) is 22.4 Å². The molecule has 0 radical (unpaired) electrons. The quantitative estimate of drug-likeness (QED) is 0.430. The summed E-state index contributed by atoms with van der Waals surface area (Å²) in [6.45, 7) is 4.78. The Morgan fingerprint density at radius 3 is 2.43 bits per heavy atom. The number of benzene rings is 2. The Bertz CT molecular complexity index is 992. The van der Waals surface area contributed by atoms with E-state index in [0.717, 1.165) is 69.7 Å². The Balaban J connectivity index is 1.22. The molecule has 5 nitrogen and oxygen atoms in total. The third kappa shape index (κ3) is 7.32. The van der Waals surface area contributed by atoms with Gasteiger partial charge in [-0.3, -0.25) is 9.69 Å². The number of carbonyl (C=O) groups is 1. The van der Waals surface area contributed by atoms with Crippen LogP contribution in [0.1, 0.15) is 31.2 Å². The standard InChI is InChI=1S/C27H33Cl2FN2O3/c1-34-27(33)26(16-20-3-2-4-21(30)15-20)32-13-7-19(8-14-32)18-31-11-9-22(10-12-31)35-23-5-6-24(28)25(29)17-23/h2-6,15,17,19,22,26H,7-14,16,18H2,1H3. The summed E-state index contributed by atoms with van der Waals surface area (Å²) >= 11 is 12.1. The van der Waals surface area contributed by atoms with Gasteiger partial charge < -0.3 is 14.4 Å². The van der Waals surface area contributed by atoms with Crippen LogP contribution in [0.5, 0.6) is 5.75 Å². The molecule has 2 heterocycles. The van der Waals surface area contributed by atoms with Crippen LogP contribution in [-0.2, 0) is 16.0 Å². The van der Waals surface area contributed by atoms with Gasteiger partial charge >= 0.3 is 5.97 Å². The maximum absolute atomic E-state index is 13.6. The number of methoxy groups -OCH3 is 1. The van der Waals surface area contributed by atoms with Gasteiger partial charge in [-0.2, -0.15) is 0 Å². The monoisotopic (exact) mass is 522 g/mol. The first-order valence-corrected chi connectivity index (χ1v) is 13.1. The van der Waals surface area contributed by atoms with Crippen LogP contribution in [0.3, 0.4) is 0 Å². The third-order valence-electron chi connectivity index (χ3n) is 7.13. The van der Waals surface area contributed by atoms with E-state index >= 15 is 0 Å². The number of halogens is 3. The van der Waals surface area contributed by atoms with Gasteiger partial charge in [-0.15, -0.1) is 0 Å². The van der Waals surface area contributed by atoms with Crippen LogP contribution in [0.25, 0.3) is 0 Å². The van der Waals surface area contributed by atoms with Crippen LogP contribution in [-0.4, -0.2) is 67.7 Å².